The van der Waals surface area contributed by atoms with Crippen molar-refractivity contribution in [2.75, 3.05) is 19.7 Å². The van der Waals surface area contributed by atoms with Crippen LogP contribution in [0.1, 0.15) is 6.92 Å². The number of hydrogen-bond acceptors (Lipinski definition) is 5. The number of benzene rings is 1. The van der Waals surface area contributed by atoms with E-state index < -0.39 is 10.0 Å². The number of likely N-dealkylation sites (N-methyl/N-ethyl adjacent to an activating group) is 1. The van der Waals surface area contributed by atoms with E-state index in [0.29, 0.717) is 24.7 Å². The van der Waals surface area contributed by atoms with E-state index in [-0.39, 0.29) is 17.5 Å². The Labute approximate surface area is 135 Å². The van der Waals surface area contributed by atoms with Crippen LogP contribution in [0.15, 0.2) is 41.6 Å². The average Bonchev–Trinajstić information content (AvgIpc) is 2.99. The zero-order chi connectivity index (χ0) is 16.4. The first-order valence-corrected chi connectivity index (χ1v) is 8.82. The summed E-state index contributed by atoms with van der Waals surface area (Å²) in [6.45, 7) is 2.68. The molecule has 0 bridgehead atoms. The molecule has 23 heavy (non-hydrogen) atoms. The van der Waals surface area contributed by atoms with Gasteiger partial charge >= 0.3 is 0 Å². The highest BCUT2D eigenvalue weighted by atomic mass is 32.2. The van der Waals surface area contributed by atoms with E-state index in [1.165, 1.54) is 21.4 Å². The van der Waals surface area contributed by atoms with Gasteiger partial charge in [0.1, 0.15) is 17.6 Å². The summed E-state index contributed by atoms with van der Waals surface area (Å²) in [6.07, 6.45) is 2.49. The Bertz CT molecular complexity index is 788. The summed E-state index contributed by atoms with van der Waals surface area (Å²) < 4.78 is 39.7. The van der Waals surface area contributed by atoms with Gasteiger partial charge in [0.25, 0.3) is 0 Å². The number of hydrogen-bond donors (Lipinski definition) is 0. The summed E-state index contributed by atoms with van der Waals surface area (Å²) in [6, 6.07) is 7.37. The smallest absolute Gasteiger partial charge is 0.246 e. The molecule has 3 rings (SSSR count). The first kappa shape index (κ1) is 15.8. The summed E-state index contributed by atoms with van der Waals surface area (Å²) in [5.74, 6) is 1.32. The van der Waals surface area contributed by atoms with E-state index in [1.54, 1.807) is 14.0 Å². The summed E-state index contributed by atoms with van der Waals surface area (Å²) in [7, 11) is -1.91. The van der Waals surface area contributed by atoms with Crippen molar-refractivity contribution in [3.63, 3.8) is 0 Å². The summed E-state index contributed by atoms with van der Waals surface area (Å²) in [5, 5.41) is 3.93. The zero-order valence-electron chi connectivity index (χ0n) is 13.0. The normalized spacial score (nSPS) is 17.4. The van der Waals surface area contributed by atoms with Crippen molar-refractivity contribution in [3.8, 4) is 11.5 Å². The standard InChI is InChI=1S/C15H19N3O4S/c1-3-18(23(19,20)13-8-16-17(2)10-13)9-12-11-21-14-6-4-5-7-15(14)22-12/h4-8,10,12H,3,9,11H2,1-2H3. The number of aryl methyl sites for hydroxylation is 1. The zero-order valence-corrected chi connectivity index (χ0v) is 13.9. The van der Waals surface area contributed by atoms with Crippen LogP contribution in [0.5, 0.6) is 11.5 Å². The highest BCUT2D eigenvalue weighted by Crippen LogP contribution is 2.31. The fourth-order valence-corrected chi connectivity index (χ4v) is 3.93. The molecule has 0 N–H and O–H groups in total. The predicted octanol–water partition coefficient (Wildman–Crippen LogP) is 1.27. The van der Waals surface area contributed by atoms with Crippen LogP contribution in [0.3, 0.4) is 0 Å². The molecule has 2 aromatic rings. The number of ether oxygens (including phenoxy) is 2. The maximum Gasteiger partial charge on any atom is 0.246 e. The number of sulfonamides is 1. The third kappa shape index (κ3) is 3.18. The van der Waals surface area contributed by atoms with Crippen LogP contribution < -0.4 is 9.47 Å². The molecule has 0 spiro atoms. The first-order chi connectivity index (χ1) is 11.0. The molecule has 1 aromatic heterocycles. The molecule has 0 aliphatic carbocycles. The SMILES string of the molecule is CCN(CC1COc2ccccc2O1)S(=O)(=O)c1cnn(C)c1. The molecule has 1 unspecified atom stereocenters. The lowest BCUT2D eigenvalue weighted by atomic mass is 10.2. The minimum absolute atomic E-state index is 0.180. The van der Waals surface area contributed by atoms with Gasteiger partial charge < -0.3 is 9.47 Å². The van der Waals surface area contributed by atoms with Gasteiger partial charge in [-0.1, -0.05) is 19.1 Å². The second kappa shape index (κ2) is 6.21. The summed E-state index contributed by atoms with van der Waals surface area (Å²) in [5.41, 5.74) is 0. The van der Waals surface area contributed by atoms with Gasteiger partial charge in [-0.25, -0.2) is 8.42 Å². The van der Waals surface area contributed by atoms with Gasteiger partial charge in [-0.15, -0.1) is 0 Å². The molecule has 1 atom stereocenters. The lowest BCUT2D eigenvalue weighted by Crippen LogP contribution is -2.43. The van der Waals surface area contributed by atoms with Gasteiger partial charge in [-0.3, -0.25) is 4.68 Å². The minimum atomic E-state index is -3.59. The Kier molecular flexibility index (Phi) is 4.27. The van der Waals surface area contributed by atoms with Crippen molar-refractivity contribution in [2.24, 2.45) is 7.05 Å². The molecule has 1 aliphatic rings. The Morgan fingerprint density at radius 3 is 2.74 bits per heavy atom. The molecule has 1 aliphatic heterocycles. The Morgan fingerprint density at radius 1 is 1.35 bits per heavy atom. The molecule has 0 fully saturated rings. The highest BCUT2D eigenvalue weighted by Gasteiger charge is 2.30. The molecule has 8 heteroatoms. The average molecular weight is 337 g/mol. The third-order valence-corrected chi connectivity index (χ3v) is 5.54. The van der Waals surface area contributed by atoms with Crippen LogP contribution in [0.4, 0.5) is 0 Å². The number of aromatic nitrogens is 2. The largest absolute Gasteiger partial charge is 0.486 e. The highest BCUT2D eigenvalue weighted by molar-refractivity contribution is 7.89. The Hall–Kier alpha value is -2.06. The van der Waals surface area contributed by atoms with Crippen molar-refractivity contribution in [3.05, 3.63) is 36.7 Å². The van der Waals surface area contributed by atoms with Crippen LogP contribution in [0, 0.1) is 0 Å². The lowest BCUT2D eigenvalue weighted by Gasteiger charge is -2.30. The van der Waals surface area contributed by atoms with E-state index >= 15 is 0 Å². The van der Waals surface area contributed by atoms with Crippen molar-refractivity contribution < 1.29 is 17.9 Å². The molecule has 124 valence electrons. The molecule has 0 amide bonds. The lowest BCUT2D eigenvalue weighted by molar-refractivity contribution is 0.0771. The predicted molar refractivity (Wildman–Crippen MR) is 84.0 cm³/mol. The van der Waals surface area contributed by atoms with E-state index in [4.69, 9.17) is 9.47 Å². The Balaban J connectivity index is 1.76. The molecular formula is C15H19N3O4S. The van der Waals surface area contributed by atoms with Gasteiger partial charge in [-0.05, 0) is 12.1 Å². The summed E-state index contributed by atoms with van der Waals surface area (Å²) in [4.78, 5) is 0.180. The molecule has 7 nitrogen and oxygen atoms in total. The van der Waals surface area contributed by atoms with Crippen molar-refractivity contribution in [2.45, 2.75) is 17.9 Å². The van der Waals surface area contributed by atoms with E-state index in [9.17, 15) is 8.42 Å². The van der Waals surface area contributed by atoms with Crippen LogP contribution in [-0.2, 0) is 17.1 Å². The van der Waals surface area contributed by atoms with Crippen LogP contribution >= 0.6 is 0 Å². The Morgan fingerprint density at radius 2 is 2.09 bits per heavy atom. The van der Waals surface area contributed by atoms with E-state index in [2.05, 4.69) is 5.10 Å². The number of fused-ring (bicyclic) bond motifs is 1. The van der Waals surface area contributed by atoms with Gasteiger partial charge in [0.05, 0.1) is 12.7 Å². The fourth-order valence-electron chi connectivity index (χ4n) is 2.46. The molecule has 0 radical (unpaired) electrons. The second-order valence-electron chi connectivity index (χ2n) is 5.30. The van der Waals surface area contributed by atoms with Crippen LogP contribution in [0.25, 0.3) is 0 Å². The number of rotatable bonds is 5. The van der Waals surface area contributed by atoms with Crippen LogP contribution in [-0.4, -0.2) is 48.3 Å². The molecular weight excluding hydrogens is 318 g/mol. The van der Waals surface area contributed by atoms with Crippen molar-refractivity contribution >= 4 is 10.0 Å². The van der Waals surface area contributed by atoms with Gasteiger partial charge in [0, 0.05) is 19.8 Å². The van der Waals surface area contributed by atoms with Crippen molar-refractivity contribution in [1.29, 1.82) is 0 Å². The first-order valence-electron chi connectivity index (χ1n) is 7.38. The maximum atomic E-state index is 12.7. The quantitative estimate of drug-likeness (QED) is 0.821. The molecule has 1 aromatic carbocycles. The van der Waals surface area contributed by atoms with E-state index in [1.807, 2.05) is 24.3 Å². The van der Waals surface area contributed by atoms with Crippen LogP contribution in [0.2, 0.25) is 0 Å². The monoisotopic (exact) mass is 337 g/mol. The second-order valence-corrected chi connectivity index (χ2v) is 7.24. The third-order valence-electron chi connectivity index (χ3n) is 3.65. The van der Waals surface area contributed by atoms with Gasteiger partial charge in [-0.2, -0.15) is 9.40 Å². The fraction of sp³-hybridized carbons (Fsp3) is 0.400. The maximum absolute atomic E-state index is 12.7. The summed E-state index contributed by atoms with van der Waals surface area (Å²) >= 11 is 0. The van der Waals surface area contributed by atoms with E-state index in [0.717, 1.165) is 0 Å². The van der Waals surface area contributed by atoms with Crippen molar-refractivity contribution in [1.82, 2.24) is 14.1 Å². The minimum Gasteiger partial charge on any atom is -0.486 e. The number of nitrogens with zero attached hydrogens (tertiary/aromatic N) is 3. The van der Waals surface area contributed by atoms with Gasteiger partial charge in [0.2, 0.25) is 10.0 Å². The molecule has 0 saturated heterocycles. The number of para-hydroxylation sites is 2. The topological polar surface area (TPSA) is 73.7 Å². The van der Waals surface area contributed by atoms with Gasteiger partial charge in [0.15, 0.2) is 11.5 Å². The molecule has 0 saturated carbocycles. The molecule has 2 heterocycles.